The van der Waals surface area contributed by atoms with Gasteiger partial charge < -0.3 is 5.11 Å². The third-order valence-electron chi connectivity index (χ3n) is 2.65. The van der Waals surface area contributed by atoms with Gasteiger partial charge in [0.2, 0.25) is 0 Å². The van der Waals surface area contributed by atoms with Crippen LogP contribution >= 0.6 is 23.4 Å². The SMILES string of the molecule is O[C@@H](CCl)CSc1nc(-c2ccccc2)cc(C(F)(F)F)n1. The zero-order valence-corrected chi connectivity index (χ0v) is 12.8. The van der Waals surface area contributed by atoms with Crippen molar-refractivity contribution >= 4 is 23.4 Å². The number of nitrogens with zero attached hydrogens (tertiary/aromatic N) is 2. The van der Waals surface area contributed by atoms with Gasteiger partial charge in [-0.1, -0.05) is 42.1 Å². The number of rotatable bonds is 5. The van der Waals surface area contributed by atoms with E-state index in [0.717, 1.165) is 17.8 Å². The molecule has 0 radical (unpaired) electrons. The van der Waals surface area contributed by atoms with Crippen molar-refractivity contribution in [2.45, 2.75) is 17.4 Å². The predicted molar refractivity (Wildman–Crippen MR) is 79.9 cm³/mol. The van der Waals surface area contributed by atoms with Gasteiger partial charge in [-0.3, -0.25) is 0 Å². The monoisotopic (exact) mass is 348 g/mol. The van der Waals surface area contributed by atoms with Crippen molar-refractivity contribution < 1.29 is 18.3 Å². The van der Waals surface area contributed by atoms with Gasteiger partial charge in [-0.15, -0.1) is 11.6 Å². The van der Waals surface area contributed by atoms with Crippen LogP contribution in [0.15, 0.2) is 41.6 Å². The van der Waals surface area contributed by atoms with E-state index in [4.69, 9.17) is 11.6 Å². The highest BCUT2D eigenvalue weighted by atomic mass is 35.5. The van der Waals surface area contributed by atoms with Crippen LogP contribution in [0.1, 0.15) is 5.69 Å². The van der Waals surface area contributed by atoms with Gasteiger partial charge in [0.1, 0.15) is 5.69 Å². The lowest BCUT2D eigenvalue weighted by atomic mass is 10.1. The quantitative estimate of drug-likeness (QED) is 0.506. The molecule has 0 spiro atoms. The van der Waals surface area contributed by atoms with Gasteiger partial charge in [-0.25, -0.2) is 9.97 Å². The van der Waals surface area contributed by atoms with Gasteiger partial charge in [-0.05, 0) is 6.07 Å². The number of halogens is 4. The van der Waals surface area contributed by atoms with Crippen LogP contribution in [0.5, 0.6) is 0 Å². The molecule has 0 bridgehead atoms. The Balaban J connectivity index is 2.37. The highest BCUT2D eigenvalue weighted by Crippen LogP contribution is 2.32. The maximum absolute atomic E-state index is 13.0. The molecule has 22 heavy (non-hydrogen) atoms. The van der Waals surface area contributed by atoms with Gasteiger partial charge in [0.15, 0.2) is 5.16 Å². The second kappa shape index (κ2) is 7.30. The molecule has 3 nitrogen and oxygen atoms in total. The summed E-state index contributed by atoms with van der Waals surface area (Å²) >= 11 is 6.40. The summed E-state index contributed by atoms with van der Waals surface area (Å²) in [7, 11) is 0. The second-order valence-electron chi connectivity index (χ2n) is 4.40. The van der Waals surface area contributed by atoms with E-state index in [0.29, 0.717) is 5.56 Å². The number of hydrogen-bond donors (Lipinski definition) is 1. The van der Waals surface area contributed by atoms with E-state index >= 15 is 0 Å². The Hall–Kier alpha value is -1.31. The second-order valence-corrected chi connectivity index (χ2v) is 5.70. The third kappa shape index (κ3) is 4.59. The first-order valence-corrected chi connectivity index (χ1v) is 7.80. The molecule has 0 aliphatic heterocycles. The van der Waals surface area contributed by atoms with Crippen molar-refractivity contribution in [3.63, 3.8) is 0 Å². The maximum Gasteiger partial charge on any atom is 0.433 e. The van der Waals surface area contributed by atoms with Gasteiger partial charge in [0.05, 0.1) is 11.8 Å². The summed E-state index contributed by atoms with van der Waals surface area (Å²) in [5.74, 6) is 0.122. The summed E-state index contributed by atoms with van der Waals surface area (Å²) in [4.78, 5) is 7.63. The first-order chi connectivity index (χ1) is 10.4. The molecule has 1 heterocycles. The number of aliphatic hydroxyl groups is 1. The summed E-state index contributed by atoms with van der Waals surface area (Å²) < 4.78 is 38.9. The van der Waals surface area contributed by atoms with E-state index in [-0.39, 0.29) is 22.5 Å². The number of hydrogen-bond acceptors (Lipinski definition) is 4. The smallest absolute Gasteiger partial charge is 0.391 e. The molecule has 2 aromatic rings. The van der Waals surface area contributed by atoms with Crippen LogP contribution in [-0.4, -0.2) is 32.8 Å². The van der Waals surface area contributed by atoms with Gasteiger partial charge in [0, 0.05) is 17.2 Å². The van der Waals surface area contributed by atoms with E-state index in [1.54, 1.807) is 30.3 Å². The van der Waals surface area contributed by atoms with E-state index < -0.39 is 18.0 Å². The van der Waals surface area contributed by atoms with Crippen LogP contribution in [0.4, 0.5) is 13.2 Å². The highest BCUT2D eigenvalue weighted by Gasteiger charge is 2.33. The minimum atomic E-state index is -4.56. The minimum Gasteiger partial charge on any atom is -0.391 e. The Bertz CT molecular complexity index is 625. The van der Waals surface area contributed by atoms with Crippen molar-refractivity contribution in [3.8, 4) is 11.3 Å². The van der Waals surface area contributed by atoms with Crippen LogP contribution in [0.25, 0.3) is 11.3 Å². The number of alkyl halides is 4. The lowest BCUT2D eigenvalue weighted by molar-refractivity contribution is -0.141. The molecule has 0 unspecified atom stereocenters. The lowest BCUT2D eigenvalue weighted by Gasteiger charge is -2.11. The fourth-order valence-corrected chi connectivity index (χ4v) is 2.63. The molecule has 0 aliphatic rings. The zero-order valence-electron chi connectivity index (χ0n) is 11.2. The fraction of sp³-hybridized carbons (Fsp3) is 0.286. The fourth-order valence-electron chi connectivity index (χ4n) is 1.61. The number of benzene rings is 1. The van der Waals surface area contributed by atoms with Crippen LogP contribution in [0.3, 0.4) is 0 Å². The first kappa shape index (κ1) is 17.1. The molecule has 0 amide bonds. The van der Waals surface area contributed by atoms with Crippen molar-refractivity contribution in [1.82, 2.24) is 9.97 Å². The average Bonchev–Trinajstić information content (AvgIpc) is 2.52. The molecule has 1 aromatic carbocycles. The summed E-state index contributed by atoms with van der Waals surface area (Å²) in [5, 5.41) is 9.36. The Morgan fingerprint density at radius 2 is 1.86 bits per heavy atom. The molecule has 8 heteroatoms. The third-order valence-corrected chi connectivity index (χ3v) is 4.00. The standard InChI is InChI=1S/C14H12ClF3N2OS/c15-7-10(21)8-22-13-19-11(9-4-2-1-3-5-9)6-12(20-13)14(16,17)18/h1-6,10,21H,7-8H2/t10-/m0/s1. The summed E-state index contributed by atoms with van der Waals surface area (Å²) in [6.07, 6.45) is -5.39. The Kier molecular flexibility index (Phi) is 5.66. The largest absolute Gasteiger partial charge is 0.433 e. The van der Waals surface area contributed by atoms with E-state index in [1.165, 1.54) is 0 Å². The molecule has 1 aromatic heterocycles. The minimum absolute atomic E-state index is 0.00248. The Labute approximate surface area is 134 Å². The summed E-state index contributed by atoms with van der Waals surface area (Å²) in [6.45, 7) is 0. The van der Waals surface area contributed by atoms with E-state index in [9.17, 15) is 18.3 Å². The van der Waals surface area contributed by atoms with Gasteiger partial charge in [0.25, 0.3) is 0 Å². The number of aliphatic hydroxyl groups excluding tert-OH is 1. The molecule has 0 saturated carbocycles. The molecule has 0 fully saturated rings. The number of thioether (sulfide) groups is 1. The van der Waals surface area contributed by atoms with E-state index in [1.807, 2.05) is 0 Å². The summed E-state index contributed by atoms with van der Waals surface area (Å²) in [5.41, 5.74) is -0.259. The summed E-state index contributed by atoms with van der Waals surface area (Å²) in [6, 6.07) is 9.46. The lowest BCUT2D eigenvalue weighted by Crippen LogP contribution is -2.13. The van der Waals surface area contributed by atoms with Crippen molar-refractivity contribution in [1.29, 1.82) is 0 Å². The van der Waals surface area contributed by atoms with Crippen LogP contribution in [0, 0.1) is 0 Å². The first-order valence-electron chi connectivity index (χ1n) is 6.28. The molecule has 1 N–H and O–H groups in total. The predicted octanol–water partition coefficient (Wildman–Crippen LogP) is 3.85. The average molecular weight is 349 g/mol. The van der Waals surface area contributed by atoms with Gasteiger partial charge >= 0.3 is 6.18 Å². The topological polar surface area (TPSA) is 46.0 Å². The molecule has 2 rings (SSSR count). The number of aromatic nitrogens is 2. The molecular weight excluding hydrogens is 337 g/mol. The normalized spacial score (nSPS) is 13.1. The molecule has 0 aliphatic carbocycles. The Morgan fingerprint density at radius 3 is 2.45 bits per heavy atom. The molecular formula is C14H12ClF3N2OS. The molecule has 0 saturated heterocycles. The van der Waals surface area contributed by atoms with E-state index in [2.05, 4.69) is 9.97 Å². The Morgan fingerprint density at radius 1 is 1.18 bits per heavy atom. The van der Waals surface area contributed by atoms with Crippen LogP contribution in [0.2, 0.25) is 0 Å². The van der Waals surface area contributed by atoms with Crippen molar-refractivity contribution in [3.05, 3.63) is 42.1 Å². The van der Waals surface area contributed by atoms with Crippen molar-refractivity contribution in [2.75, 3.05) is 11.6 Å². The van der Waals surface area contributed by atoms with Crippen LogP contribution < -0.4 is 0 Å². The van der Waals surface area contributed by atoms with Crippen LogP contribution in [-0.2, 0) is 6.18 Å². The maximum atomic E-state index is 13.0. The molecule has 118 valence electrons. The zero-order chi connectivity index (χ0) is 16.2. The van der Waals surface area contributed by atoms with Crippen molar-refractivity contribution in [2.24, 2.45) is 0 Å². The van der Waals surface area contributed by atoms with Gasteiger partial charge in [-0.2, -0.15) is 13.2 Å². The highest BCUT2D eigenvalue weighted by molar-refractivity contribution is 7.99. The molecule has 1 atom stereocenters.